The van der Waals surface area contributed by atoms with Gasteiger partial charge in [0.1, 0.15) is 0 Å². The minimum absolute atomic E-state index is 0.213. The maximum atomic E-state index is 11.3. The molecular formula is C33H65O. The maximum Gasteiger partial charge on any atom is 0.201 e. The molecule has 0 aliphatic rings. The van der Waals surface area contributed by atoms with Gasteiger partial charge in [0.2, 0.25) is 6.29 Å². The number of hydrogen-bond donors (Lipinski definition) is 0. The first-order valence-electron chi connectivity index (χ1n) is 16.2. The summed E-state index contributed by atoms with van der Waals surface area (Å²) in [7, 11) is 0. The van der Waals surface area contributed by atoms with Crippen LogP contribution in [0.1, 0.15) is 200 Å². The molecule has 1 radical (unpaired) electrons. The van der Waals surface area contributed by atoms with Crippen molar-refractivity contribution in [2.24, 2.45) is 5.92 Å². The van der Waals surface area contributed by atoms with Gasteiger partial charge < -0.3 is 0 Å². The fourth-order valence-corrected chi connectivity index (χ4v) is 5.26. The minimum atomic E-state index is 0.213. The molecule has 0 aromatic heterocycles. The molecule has 1 unspecified atom stereocenters. The molecule has 0 saturated heterocycles. The van der Waals surface area contributed by atoms with Gasteiger partial charge in [0.15, 0.2) is 0 Å². The monoisotopic (exact) mass is 478 g/mol. The Bertz CT molecular complexity index is 364. The van der Waals surface area contributed by atoms with Crippen molar-refractivity contribution in [1.82, 2.24) is 0 Å². The van der Waals surface area contributed by atoms with E-state index in [0.29, 0.717) is 0 Å². The quantitative estimate of drug-likeness (QED) is 0.0940. The van der Waals surface area contributed by atoms with Crippen molar-refractivity contribution >= 4 is 6.29 Å². The molecule has 1 heteroatoms. The Morgan fingerprint density at radius 1 is 0.353 bits per heavy atom. The summed E-state index contributed by atoms with van der Waals surface area (Å²) >= 11 is 0. The lowest BCUT2D eigenvalue weighted by Crippen LogP contribution is -2.02. The second-order valence-corrected chi connectivity index (χ2v) is 11.2. The van der Waals surface area contributed by atoms with E-state index in [4.69, 9.17) is 0 Å². The predicted molar refractivity (Wildman–Crippen MR) is 154 cm³/mol. The topological polar surface area (TPSA) is 17.1 Å². The summed E-state index contributed by atoms with van der Waals surface area (Å²) < 4.78 is 0. The van der Waals surface area contributed by atoms with E-state index in [1.165, 1.54) is 173 Å². The summed E-state index contributed by atoms with van der Waals surface area (Å²) in [5.74, 6) is 0.213. The predicted octanol–water partition coefficient (Wildman–Crippen LogP) is 12.1. The van der Waals surface area contributed by atoms with Crippen LogP contribution in [0.2, 0.25) is 0 Å². The molecule has 1 atom stereocenters. The summed E-state index contributed by atoms with van der Waals surface area (Å²) in [4.78, 5) is 11.3. The smallest absolute Gasteiger partial charge is 0.201 e. The molecule has 0 aliphatic carbocycles. The van der Waals surface area contributed by atoms with Crippen molar-refractivity contribution in [3.8, 4) is 0 Å². The second kappa shape index (κ2) is 30.7. The zero-order valence-corrected chi connectivity index (χ0v) is 24.0. The SMILES string of the molecule is CCCCCCCCCCCCCCCCC([C]=O)CCCCCCCCCCCCCCC. The highest BCUT2D eigenvalue weighted by Gasteiger charge is 2.08. The van der Waals surface area contributed by atoms with Crippen molar-refractivity contribution < 1.29 is 4.79 Å². The van der Waals surface area contributed by atoms with Gasteiger partial charge in [-0.25, -0.2) is 0 Å². The summed E-state index contributed by atoms with van der Waals surface area (Å²) in [6, 6.07) is 0. The van der Waals surface area contributed by atoms with Crippen molar-refractivity contribution in [3.63, 3.8) is 0 Å². The molecule has 0 heterocycles. The van der Waals surface area contributed by atoms with E-state index in [1.54, 1.807) is 0 Å². The van der Waals surface area contributed by atoms with Crippen molar-refractivity contribution in [2.75, 3.05) is 0 Å². The molecule has 0 fully saturated rings. The van der Waals surface area contributed by atoms with Gasteiger partial charge in [0.05, 0.1) is 0 Å². The zero-order chi connectivity index (χ0) is 24.8. The van der Waals surface area contributed by atoms with Crippen LogP contribution >= 0.6 is 0 Å². The van der Waals surface area contributed by atoms with E-state index < -0.39 is 0 Å². The maximum absolute atomic E-state index is 11.3. The van der Waals surface area contributed by atoms with Crippen LogP contribution in [0.25, 0.3) is 0 Å². The fourth-order valence-electron chi connectivity index (χ4n) is 5.26. The first-order valence-corrected chi connectivity index (χ1v) is 16.2. The third-order valence-electron chi connectivity index (χ3n) is 7.73. The Morgan fingerprint density at radius 2 is 0.559 bits per heavy atom. The van der Waals surface area contributed by atoms with Crippen LogP contribution in [0, 0.1) is 5.92 Å². The van der Waals surface area contributed by atoms with Gasteiger partial charge >= 0.3 is 0 Å². The van der Waals surface area contributed by atoms with Gasteiger partial charge in [-0.15, -0.1) is 0 Å². The Kier molecular flexibility index (Phi) is 30.4. The molecule has 0 rings (SSSR count). The standard InChI is InChI=1S/C33H65O/c1-3-5-7-9-11-13-15-17-19-21-23-25-27-29-31-33(32-34)30-28-26-24-22-20-18-16-14-12-10-8-6-4-2/h33H,3-31H2,1-2H3. The highest BCUT2D eigenvalue weighted by atomic mass is 16.1. The summed E-state index contributed by atoms with van der Waals surface area (Å²) in [6.45, 7) is 4.58. The Labute approximate surface area is 217 Å². The second-order valence-electron chi connectivity index (χ2n) is 11.2. The molecule has 0 N–H and O–H groups in total. The van der Waals surface area contributed by atoms with Gasteiger partial charge in [-0.2, -0.15) is 0 Å². The third-order valence-corrected chi connectivity index (χ3v) is 7.73. The lowest BCUT2D eigenvalue weighted by Gasteiger charge is -2.09. The van der Waals surface area contributed by atoms with Gasteiger partial charge in [-0.05, 0) is 12.8 Å². The van der Waals surface area contributed by atoms with Crippen LogP contribution in [-0.2, 0) is 4.79 Å². The van der Waals surface area contributed by atoms with E-state index in [9.17, 15) is 4.79 Å². The average molecular weight is 478 g/mol. The van der Waals surface area contributed by atoms with Gasteiger partial charge in [0, 0.05) is 5.92 Å². The third kappa shape index (κ3) is 27.9. The summed E-state index contributed by atoms with van der Waals surface area (Å²) in [6.07, 6.45) is 42.2. The Hall–Kier alpha value is -0.330. The molecule has 0 amide bonds. The zero-order valence-electron chi connectivity index (χ0n) is 24.0. The Balaban J connectivity index is 3.26. The lowest BCUT2D eigenvalue weighted by molar-refractivity contribution is 0.448. The molecular weight excluding hydrogens is 412 g/mol. The highest BCUT2D eigenvalue weighted by Crippen LogP contribution is 2.19. The van der Waals surface area contributed by atoms with Crippen molar-refractivity contribution in [2.45, 2.75) is 200 Å². The van der Waals surface area contributed by atoms with Gasteiger partial charge in [-0.1, -0.05) is 187 Å². The normalized spacial score (nSPS) is 12.3. The number of rotatable bonds is 30. The first kappa shape index (κ1) is 33.7. The molecule has 0 aromatic carbocycles. The molecule has 1 nitrogen and oxygen atoms in total. The van der Waals surface area contributed by atoms with Crippen LogP contribution in [0.15, 0.2) is 0 Å². The number of unbranched alkanes of at least 4 members (excludes halogenated alkanes) is 25. The minimum Gasteiger partial charge on any atom is -0.291 e. The molecule has 0 saturated carbocycles. The van der Waals surface area contributed by atoms with Crippen LogP contribution < -0.4 is 0 Å². The fraction of sp³-hybridized carbons (Fsp3) is 0.970. The van der Waals surface area contributed by atoms with E-state index in [-0.39, 0.29) is 5.92 Å². The van der Waals surface area contributed by atoms with E-state index in [2.05, 4.69) is 20.1 Å². The molecule has 0 aromatic rings. The van der Waals surface area contributed by atoms with Crippen LogP contribution in [0.5, 0.6) is 0 Å². The molecule has 0 spiro atoms. The summed E-state index contributed by atoms with van der Waals surface area (Å²) in [5.41, 5.74) is 0. The van der Waals surface area contributed by atoms with E-state index in [1.807, 2.05) is 0 Å². The highest BCUT2D eigenvalue weighted by molar-refractivity contribution is 5.54. The van der Waals surface area contributed by atoms with Crippen molar-refractivity contribution in [1.29, 1.82) is 0 Å². The van der Waals surface area contributed by atoms with Crippen molar-refractivity contribution in [3.05, 3.63) is 0 Å². The van der Waals surface area contributed by atoms with Crippen LogP contribution in [-0.4, -0.2) is 6.29 Å². The van der Waals surface area contributed by atoms with Gasteiger partial charge in [0.25, 0.3) is 0 Å². The average Bonchev–Trinajstić information content (AvgIpc) is 2.85. The number of hydrogen-bond acceptors (Lipinski definition) is 1. The lowest BCUT2D eigenvalue weighted by atomic mass is 9.95. The Morgan fingerprint density at radius 3 is 0.765 bits per heavy atom. The summed E-state index contributed by atoms with van der Waals surface area (Å²) in [5, 5.41) is 0. The van der Waals surface area contributed by atoms with Crippen LogP contribution in [0.3, 0.4) is 0 Å². The van der Waals surface area contributed by atoms with E-state index >= 15 is 0 Å². The van der Waals surface area contributed by atoms with Crippen LogP contribution in [0.4, 0.5) is 0 Å². The largest absolute Gasteiger partial charge is 0.291 e. The first-order chi connectivity index (χ1) is 16.8. The molecule has 0 aliphatic heterocycles. The molecule has 203 valence electrons. The number of carbonyl (C=O) groups excluding carboxylic acids is 1. The van der Waals surface area contributed by atoms with E-state index in [0.717, 1.165) is 12.8 Å². The molecule has 0 bridgehead atoms. The van der Waals surface area contributed by atoms with Gasteiger partial charge in [-0.3, -0.25) is 4.79 Å². The molecule has 34 heavy (non-hydrogen) atoms.